The molecule has 1 unspecified atom stereocenters. The van der Waals surface area contributed by atoms with Crippen molar-refractivity contribution in [3.63, 3.8) is 0 Å². The Balaban J connectivity index is 1.84. The van der Waals surface area contributed by atoms with E-state index in [1.807, 2.05) is 19.2 Å². The Labute approximate surface area is 118 Å². The van der Waals surface area contributed by atoms with Crippen molar-refractivity contribution in [3.8, 4) is 0 Å². The Hall–Kier alpha value is -2.20. The minimum Gasteiger partial charge on any atom is -0.347 e. The first-order valence-corrected chi connectivity index (χ1v) is 6.82. The lowest BCUT2D eigenvalue weighted by Crippen LogP contribution is -2.19. The Morgan fingerprint density at radius 3 is 2.95 bits per heavy atom. The van der Waals surface area contributed by atoms with E-state index in [0.29, 0.717) is 0 Å². The van der Waals surface area contributed by atoms with Crippen LogP contribution in [-0.4, -0.2) is 15.0 Å². The molecule has 1 atom stereocenters. The highest BCUT2D eigenvalue weighted by Crippen LogP contribution is 2.19. The Bertz CT molecular complexity index is 704. The molecule has 1 aromatic carbocycles. The van der Waals surface area contributed by atoms with E-state index in [1.54, 1.807) is 6.20 Å². The number of hydrogen-bond donors (Lipinski definition) is 2. The molecule has 20 heavy (non-hydrogen) atoms. The van der Waals surface area contributed by atoms with Gasteiger partial charge in [-0.15, -0.1) is 0 Å². The summed E-state index contributed by atoms with van der Waals surface area (Å²) >= 11 is 0. The average molecular weight is 266 g/mol. The standard InChI is InChI=1S/C16H18N4/c1-11-9-13(14-5-3-4-6-15(14)20-11)10-19-12(2)16-17-7-8-18-16/h3-9,12,19H,10H2,1-2H3,(H,17,18). The normalized spacial score (nSPS) is 12.7. The molecule has 0 aliphatic carbocycles. The second-order valence-corrected chi connectivity index (χ2v) is 5.02. The number of nitrogens with zero attached hydrogens (tertiary/aromatic N) is 2. The summed E-state index contributed by atoms with van der Waals surface area (Å²) in [6, 6.07) is 10.6. The number of benzene rings is 1. The molecular formula is C16H18N4. The fourth-order valence-corrected chi connectivity index (χ4v) is 2.42. The van der Waals surface area contributed by atoms with E-state index in [1.165, 1.54) is 10.9 Å². The molecule has 0 bridgehead atoms. The molecule has 3 aromatic rings. The van der Waals surface area contributed by atoms with Crippen molar-refractivity contribution in [2.24, 2.45) is 0 Å². The SMILES string of the molecule is Cc1cc(CNC(C)c2ncc[nH]2)c2ccccc2n1. The third-order valence-electron chi connectivity index (χ3n) is 3.46. The average Bonchev–Trinajstić information content (AvgIpc) is 2.98. The van der Waals surface area contributed by atoms with Gasteiger partial charge in [-0.3, -0.25) is 4.98 Å². The van der Waals surface area contributed by atoms with Crippen LogP contribution in [0.5, 0.6) is 0 Å². The van der Waals surface area contributed by atoms with E-state index in [-0.39, 0.29) is 6.04 Å². The minimum atomic E-state index is 0.192. The number of imidazole rings is 1. The lowest BCUT2D eigenvalue weighted by molar-refractivity contribution is 0.552. The second kappa shape index (κ2) is 5.43. The van der Waals surface area contributed by atoms with Crippen molar-refractivity contribution >= 4 is 10.9 Å². The third kappa shape index (κ3) is 2.56. The van der Waals surface area contributed by atoms with Gasteiger partial charge in [0.1, 0.15) is 5.82 Å². The van der Waals surface area contributed by atoms with E-state index in [0.717, 1.165) is 23.6 Å². The molecular weight excluding hydrogens is 248 g/mol. The monoisotopic (exact) mass is 266 g/mol. The van der Waals surface area contributed by atoms with Crippen molar-refractivity contribution in [2.75, 3.05) is 0 Å². The van der Waals surface area contributed by atoms with Gasteiger partial charge in [-0.25, -0.2) is 4.98 Å². The number of aromatic nitrogens is 3. The molecule has 2 heterocycles. The highest BCUT2D eigenvalue weighted by Gasteiger charge is 2.09. The number of hydrogen-bond acceptors (Lipinski definition) is 3. The van der Waals surface area contributed by atoms with Crippen LogP contribution in [-0.2, 0) is 6.54 Å². The fourth-order valence-electron chi connectivity index (χ4n) is 2.42. The number of aromatic amines is 1. The minimum absolute atomic E-state index is 0.192. The maximum atomic E-state index is 4.57. The smallest absolute Gasteiger partial charge is 0.122 e. The van der Waals surface area contributed by atoms with Gasteiger partial charge in [-0.2, -0.15) is 0 Å². The first-order valence-electron chi connectivity index (χ1n) is 6.82. The van der Waals surface area contributed by atoms with Crippen molar-refractivity contribution in [3.05, 3.63) is 59.8 Å². The summed E-state index contributed by atoms with van der Waals surface area (Å²) in [7, 11) is 0. The molecule has 102 valence electrons. The van der Waals surface area contributed by atoms with Gasteiger partial charge in [0, 0.05) is 30.0 Å². The molecule has 0 aliphatic rings. The van der Waals surface area contributed by atoms with Crippen LogP contribution in [0.1, 0.15) is 30.0 Å². The number of rotatable bonds is 4. The van der Waals surface area contributed by atoms with Crippen molar-refractivity contribution < 1.29 is 0 Å². The van der Waals surface area contributed by atoms with Gasteiger partial charge in [-0.1, -0.05) is 18.2 Å². The van der Waals surface area contributed by atoms with E-state index in [4.69, 9.17) is 0 Å². The number of H-pyrrole nitrogens is 1. The molecule has 0 saturated carbocycles. The largest absolute Gasteiger partial charge is 0.347 e. The number of para-hydroxylation sites is 1. The second-order valence-electron chi connectivity index (χ2n) is 5.02. The fraction of sp³-hybridized carbons (Fsp3) is 0.250. The highest BCUT2D eigenvalue weighted by molar-refractivity contribution is 5.82. The van der Waals surface area contributed by atoms with Crippen LogP contribution < -0.4 is 5.32 Å². The first kappa shape index (κ1) is 12.8. The molecule has 3 rings (SSSR count). The number of pyridine rings is 1. The van der Waals surface area contributed by atoms with Crippen LogP contribution in [0, 0.1) is 6.92 Å². The predicted molar refractivity (Wildman–Crippen MR) is 80.3 cm³/mol. The van der Waals surface area contributed by atoms with Crippen molar-refractivity contribution in [2.45, 2.75) is 26.4 Å². The summed E-state index contributed by atoms with van der Waals surface area (Å²) < 4.78 is 0. The van der Waals surface area contributed by atoms with Gasteiger partial charge in [0.15, 0.2) is 0 Å². The lowest BCUT2D eigenvalue weighted by atomic mass is 10.1. The Morgan fingerprint density at radius 2 is 2.15 bits per heavy atom. The molecule has 4 nitrogen and oxygen atoms in total. The van der Waals surface area contributed by atoms with Crippen LogP contribution in [0.2, 0.25) is 0 Å². The molecule has 0 radical (unpaired) electrons. The number of aryl methyl sites for hydroxylation is 1. The summed E-state index contributed by atoms with van der Waals surface area (Å²) in [6.07, 6.45) is 3.62. The van der Waals surface area contributed by atoms with E-state index in [2.05, 4.69) is 51.5 Å². The summed E-state index contributed by atoms with van der Waals surface area (Å²) in [6.45, 7) is 4.94. The van der Waals surface area contributed by atoms with E-state index >= 15 is 0 Å². The quantitative estimate of drug-likeness (QED) is 0.763. The van der Waals surface area contributed by atoms with E-state index in [9.17, 15) is 0 Å². The topological polar surface area (TPSA) is 53.6 Å². The van der Waals surface area contributed by atoms with Gasteiger partial charge < -0.3 is 10.3 Å². The molecule has 2 N–H and O–H groups in total. The lowest BCUT2D eigenvalue weighted by Gasteiger charge is -2.13. The summed E-state index contributed by atoms with van der Waals surface area (Å²) in [5.74, 6) is 0.958. The zero-order valence-electron chi connectivity index (χ0n) is 11.7. The van der Waals surface area contributed by atoms with Gasteiger partial charge in [0.25, 0.3) is 0 Å². The Morgan fingerprint density at radius 1 is 1.30 bits per heavy atom. The third-order valence-corrected chi connectivity index (χ3v) is 3.46. The number of fused-ring (bicyclic) bond motifs is 1. The predicted octanol–water partition coefficient (Wildman–Crippen LogP) is 3.12. The zero-order chi connectivity index (χ0) is 13.9. The molecule has 0 aliphatic heterocycles. The van der Waals surface area contributed by atoms with Gasteiger partial charge in [0.05, 0.1) is 11.6 Å². The van der Waals surface area contributed by atoms with Crippen LogP contribution in [0.25, 0.3) is 10.9 Å². The van der Waals surface area contributed by atoms with Crippen LogP contribution in [0.15, 0.2) is 42.7 Å². The maximum absolute atomic E-state index is 4.57. The van der Waals surface area contributed by atoms with Gasteiger partial charge >= 0.3 is 0 Å². The van der Waals surface area contributed by atoms with Crippen molar-refractivity contribution in [1.29, 1.82) is 0 Å². The summed E-state index contributed by atoms with van der Waals surface area (Å²) in [4.78, 5) is 12.0. The van der Waals surface area contributed by atoms with Crippen LogP contribution in [0.3, 0.4) is 0 Å². The number of nitrogens with one attached hydrogen (secondary N) is 2. The molecule has 0 fully saturated rings. The Kier molecular flexibility index (Phi) is 3.48. The molecule has 2 aromatic heterocycles. The van der Waals surface area contributed by atoms with Crippen molar-refractivity contribution in [1.82, 2.24) is 20.3 Å². The summed E-state index contributed by atoms with van der Waals surface area (Å²) in [5.41, 5.74) is 3.37. The molecule has 0 amide bonds. The first-order chi connectivity index (χ1) is 9.74. The highest BCUT2D eigenvalue weighted by atomic mass is 15.0. The van der Waals surface area contributed by atoms with Crippen LogP contribution >= 0.6 is 0 Å². The molecule has 0 spiro atoms. The van der Waals surface area contributed by atoms with Gasteiger partial charge in [0.2, 0.25) is 0 Å². The zero-order valence-corrected chi connectivity index (χ0v) is 11.7. The van der Waals surface area contributed by atoms with Crippen LogP contribution in [0.4, 0.5) is 0 Å². The van der Waals surface area contributed by atoms with Gasteiger partial charge in [-0.05, 0) is 31.5 Å². The van der Waals surface area contributed by atoms with E-state index < -0.39 is 0 Å². The summed E-state index contributed by atoms with van der Waals surface area (Å²) in [5, 5.41) is 4.70. The molecule has 0 saturated heterocycles. The maximum Gasteiger partial charge on any atom is 0.122 e. The molecule has 4 heteroatoms.